The van der Waals surface area contributed by atoms with Crippen molar-refractivity contribution in [2.75, 3.05) is 5.32 Å². The number of hydrogen-bond acceptors (Lipinski definition) is 4. The van der Waals surface area contributed by atoms with Gasteiger partial charge >= 0.3 is 6.18 Å². The fourth-order valence-electron chi connectivity index (χ4n) is 3.96. The van der Waals surface area contributed by atoms with Crippen LogP contribution in [0.4, 0.5) is 19.0 Å². The second kappa shape index (κ2) is 11.1. The van der Waals surface area contributed by atoms with Crippen molar-refractivity contribution in [1.29, 1.82) is 0 Å². The number of alkyl halides is 3. The van der Waals surface area contributed by atoms with Crippen molar-refractivity contribution >= 4 is 44.9 Å². The van der Waals surface area contributed by atoms with E-state index < -0.39 is 17.6 Å². The average Bonchev–Trinajstić information content (AvgIpc) is 3.31. The van der Waals surface area contributed by atoms with E-state index >= 15 is 0 Å². The van der Waals surface area contributed by atoms with Gasteiger partial charge in [0.2, 0.25) is 0 Å². The molecule has 2 aromatic heterocycles. The van der Waals surface area contributed by atoms with Gasteiger partial charge in [0, 0.05) is 35.3 Å². The zero-order valence-corrected chi connectivity index (χ0v) is 22.5. The molecular formula is C28H20BrClF3N5O. The molecule has 0 aliphatic carbocycles. The monoisotopic (exact) mass is 613 g/mol. The first-order chi connectivity index (χ1) is 18.7. The SMILES string of the molecule is O=C(NCc1ccc(CNc2cc(-c3ccccc3Cl)nc3c(Br)cnn23)cc1)c1cccc(C(F)(F)F)c1. The van der Waals surface area contributed by atoms with Gasteiger partial charge in [-0.2, -0.15) is 22.8 Å². The van der Waals surface area contributed by atoms with Gasteiger partial charge in [-0.25, -0.2) is 4.98 Å². The maximum atomic E-state index is 12.9. The van der Waals surface area contributed by atoms with Gasteiger partial charge in [-0.05, 0) is 51.3 Å². The zero-order chi connectivity index (χ0) is 27.6. The van der Waals surface area contributed by atoms with Crippen LogP contribution in [0.15, 0.2) is 89.5 Å². The molecule has 39 heavy (non-hydrogen) atoms. The third-order valence-corrected chi connectivity index (χ3v) is 6.87. The van der Waals surface area contributed by atoms with Crippen LogP contribution in [0.3, 0.4) is 0 Å². The Labute approximate surface area is 235 Å². The Morgan fingerprint density at radius 1 is 0.949 bits per heavy atom. The van der Waals surface area contributed by atoms with Crippen molar-refractivity contribution in [3.8, 4) is 11.3 Å². The highest BCUT2D eigenvalue weighted by molar-refractivity contribution is 9.10. The van der Waals surface area contributed by atoms with Crippen LogP contribution in [0.2, 0.25) is 5.02 Å². The molecule has 5 aromatic rings. The lowest BCUT2D eigenvalue weighted by Gasteiger charge is -2.12. The summed E-state index contributed by atoms with van der Waals surface area (Å²) in [4.78, 5) is 17.1. The number of rotatable bonds is 7. The van der Waals surface area contributed by atoms with Crippen molar-refractivity contribution in [3.05, 3.63) is 117 Å². The molecule has 0 saturated heterocycles. The molecule has 0 saturated carbocycles. The normalized spacial score (nSPS) is 11.5. The third-order valence-electron chi connectivity index (χ3n) is 5.98. The van der Waals surface area contributed by atoms with Gasteiger partial charge in [-0.15, -0.1) is 0 Å². The van der Waals surface area contributed by atoms with E-state index in [1.807, 2.05) is 54.6 Å². The molecule has 3 aromatic carbocycles. The predicted octanol–water partition coefficient (Wildman–Crippen LogP) is 7.37. The molecular weight excluding hydrogens is 595 g/mol. The largest absolute Gasteiger partial charge is 0.416 e. The van der Waals surface area contributed by atoms with Crippen molar-refractivity contribution in [2.45, 2.75) is 19.3 Å². The smallest absolute Gasteiger partial charge is 0.366 e. The molecule has 1 amide bonds. The molecule has 0 spiro atoms. The molecule has 2 heterocycles. The minimum Gasteiger partial charge on any atom is -0.366 e. The van der Waals surface area contributed by atoms with Gasteiger partial charge in [-0.3, -0.25) is 4.79 Å². The molecule has 0 aliphatic rings. The highest BCUT2D eigenvalue weighted by atomic mass is 79.9. The summed E-state index contributed by atoms with van der Waals surface area (Å²) in [5.74, 6) is 0.145. The summed E-state index contributed by atoms with van der Waals surface area (Å²) in [5.41, 5.74) is 3.01. The van der Waals surface area contributed by atoms with Crippen LogP contribution in [0.25, 0.3) is 16.9 Å². The van der Waals surface area contributed by atoms with E-state index in [1.165, 1.54) is 12.1 Å². The fraction of sp³-hybridized carbons (Fsp3) is 0.107. The number of fused-ring (bicyclic) bond motifs is 1. The summed E-state index contributed by atoms with van der Waals surface area (Å²) in [5, 5.41) is 11.0. The van der Waals surface area contributed by atoms with E-state index in [2.05, 4.69) is 31.7 Å². The van der Waals surface area contributed by atoms with E-state index in [0.717, 1.165) is 39.1 Å². The second-order valence-corrected chi connectivity index (χ2v) is 9.93. The number of amides is 1. The first kappa shape index (κ1) is 26.7. The number of nitrogens with one attached hydrogen (secondary N) is 2. The van der Waals surface area contributed by atoms with Crippen molar-refractivity contribution < 1.29 is 18.0 Å². The van der Waals surface area contributed by atoms with E-state index in [0.29, 0.717) is 22.9 Å². The predicted molar refractivity (Wildman–Crippen MR) is 148 cm³/mol. The lowest BCUT2D eigenvalue weighted by atomic mass is 10.1. The van der Waals surface area contributed by atoms with Crippen molar-refractivity contribution in [1.82, 2.24) is 19.9 Å². The summed E-state index contributed by atoms with van der Waals surface area (Å²) in [6, 6.07) is 21.2. The Balaban J connectivity index is 1.26. The number of hydrogen-bond donors (Lipinski definition) is 2. The number of carbonyl (C=O) groups is 1. The number of benzene rings is 3. The number of halogens is 5. The fourth-order valence-corrected chi connectivity index (χ4v) is 4.54. The van der Waals surface area contributed by atoms with Crippen LogP contribution in [-0.4, -0.2) is 20.5 Å². The Bertz CT molecular complexity index is 1650. The van der Waals surface area contributed by atoms with Gasteiger partial charge < -0.3 is 10.6 Å². The number of nitrogens with zero attached hydrogens (tertiary/aromatic N) is 3. The summed E-state index contributed by atoms with van der Waals surface area (Å²) in [6.45, 7) is 0.658. The Morgan fingerprint density at radius 3 is 2.38 bits per heavy atom. The lowest BCUT2D eigenvalue weighted by Crippen LogP contribution is -2.23. The van der Waals surface area contributed by atoms with E-state index in [9.17, 15) is 18.0 Å². The molecule has 11 heteroatoms. The van der Waals surface area contributed by atoms with E-state index in [4.69, 9.17) is 16.6 Å². The third kappa shape index (κ3) is 6.07. The topological polar surface area (TPSA) is 71.3 Å². The van der Waals surface area contributed by atoms with Crippen LogP contribution in [-0.2, 0) is 19.3 Å². The Kier molecular flexibility index (Phi) is 7.58. The van der Waals surface area contributed by atoms with Crippen LogP contribution >= 0.6 is 27.5 Å². The molecule has 0 aliphatic heterocycles. The van der Waals surface area contributed by atoms with Gasteiger partial charge in [0.15, 0.2) is 5.65 Å². The van der Waals surface area contributed by atoms with Crippen molar-refractivity contribution in [2.24, 2.45) is 0 Å². The van der Waals surface area contributed by atoms with E-state index in [1.54, 1.807) is 10.7 Å². The van der Waals surface area contributed by atoms with Crippen LogP contribution < -0.4 is 10.6 Å². The van der Waals surface area contributed by atoms with Gasteiger partial charge in [0.05, 0.1) is 21.9 Å². The molecule has 0 atom stereocenters. The van der Waals surface area contributed by atoms with Gasteiger partial charge in [0.25, 0.3) is 5.91 Å². The molecule has 0 fully saturated rings. The van der Waals surface area contributed by atoms with Crippen molar-refractivity contribution in [3.63, 3.8) is 0 Å². The first-order valence-corrected chi connectivity index (χ1v) is 12.9. The lowest BCUT2D eigenvalue weighted by molar-refractivity contribution is -0.137. The minimum absolute atomic E-state index is 0.0456. The Hall–Kier alpha value is -3.89. The van der Waals surface area contributed by atoms with Crippen LogP contribution in [0, 0.1) is 0 Å². The number of aromatic nitrogens is 3. The number of anilines is 1. The average molecular weight is 615 g/mol. The standard InChI is InChI=1S/C28H20BrClF3N5O/c29-22-16-36-38-25(13-24(37-26(22)38)21-6-1-2-7-23(21)30)34-14-17-8-10-18(11-9-17)15-35-27(39)19-4-3-5-20(12-19)28(31,32)33/h1-13,16,34H,14-15H2,(H,35,39). The number of carbonyl (C=O) groups excluding carboxylic acids is 1. The molecule has 5 rings (SSSR count). The quantitative estimate of drug-likeness (QED) is 0.201. The summed E-state index contributed by atoms with van der Waals surface area (Å²) in [7, 11) is 0. The highest BCUT2D eigenvalue weighted by Gasteiger charge is 2.30. The first-order valence-electron chi connectivity index (χ1n) is 11.8. The summed E-state index contributed by atoms with van der Waals surface area (Å²) >= 11 is 9.90. The molecule has 2 N–H and O–H groups in total. The highest BCUT2D eigenvalue weighted by Crippen LogP contribution is 2.31. The van der Waals surface area contributed by atoms with Crippen LogP contribution in [0.5, 0.6) is 0 Å². The molecule has 0 unspecified atom stereocenters. The van der Waals surface area contributed by atoms with E-state index in [-0.39, 0.29) is 12.1 Å². The van der Waals surface area contributed by atoms with Gasteiger partial charge in [-0.1, -0.05) is 60.1 Å². The summed E-state index contributed by atoms with van der Waals surface area (Å²) < 4.78 is 41.2. The molecule has 6 nitrogen and oxygen atoms in total. The second-order valence-electron chi connectivity index (χ2n) is 8.67. The van der Waals surface area contributed by atoms with Gasteiger partial charge in [0.1, 0.15) is 5.82 Å². The van der Waals surface area contributed by atoms with Crippen LogP contribution in [0.1, 0.15) is 27.0 Å². The molecule has 0 radical (unpaired) electrons. The zero-order valence-electron chi connectivity index (χ0n) is 20.1. The maximum absolute atomic E-state index is 12.9. The maximum Gasteiger partial charge on any atom is 0.416 e. The molecule has 0 bridgehead atoms. The Morgan fingerprint density at radius 2 is 1.67 bits per heavy atom. The minimum atomic E-state index is -4.51. The summed E-state index contributed by atoms with van der Waals surface area (Å²) in [6.07, 6.45) is -2.83. The molecule has 198 valence electrons.